The van der Waals surface area contributed by atoms with Crippen molar-refractivity contribution in [1.82, 2.24) is 0 Å². The van der Waals surface area contributed by atoms with Crippen molar-refractivity contribution in [3.8, 4) is 0 Å². The molecule has 0 spiro atoms. The number of hydrogen-bond acceptors (Lipinski definition) is 4. The first-order valence-corrected chi connectivity index (χ1v) is 12.6. The summed E-state index contributed by atoms with van der Waals surface area (Å²) < 4.78 is 1.28. The first kappa shape index (κ1) is 25.9. The maximum atomic E-state index is 13.6. The van der Waals surface area contributed by atoms with E-state index in [1.165, 1.54) is 4.70 Å². The highest BCUT2D eigenvalue weighted by Gasteiger charge is 2.26. The Labute approximate surface area is 231 Å². The Morgan fingerprint density at radius 3 is 1.52 bits per heavy atom. The molecule has 0 unspecified atom stereocenters. The van der Waals surface area contributed by atoms with Gasteiger partial charge in [0.15, 0.2) is 0 Å². The third-order valence-corrected chi connectivity index (χ3v) is 5.95. The van der Waals surface area contributed by atoms with Gasteiger partial charge in [-0.1, -0.05) is 66.7 Å². The van der Waals surface area contributed by atoms with Gasteiger partial charge in [0.05, 0.1) is 5.56 Å². The Morgan fingerprint density at radius 1 is 0.500 bits per heavy atom. The summed E-state index contributed by atoms with van der Waals surface area (Å²) in [5.41, 5.74) is 3.44. The van der Waals surface area contributed by atoms with Crippen molar-refractivity contribution in [2.75, 3.05) is 10.6 Å². The van der Waals surface area contributed by atoms with Crippen molar-refractivity contribution in [2.24, 2.45) is 5.11 Å². The highest BCUT2D eigenvalue weighted by Crippen LogP contribution is 2.26. The number of azo groups is 2. The monoisotopic (exact) mass is 525 g/mol. The van der Waals surface area contributed by atoms with Crippen molar-refractivity contribution < 1.29 is 19.1 Å². The van der Waals surface area contributed by atoms with Crippen LogP contribution in [0.25, 0.3) is 0 Å². The maximum absolute atomic E-state index is 13.6. The smallest absolute Gasteiger partial charge is 0.322 e. The van der Waals surface area contributed by atoms with Crippen molar-refractivity contribution in [2.45, 2.75) is 0 Å². The van der Waals surface area contributed by atoms with Crippen molar-refractivity contribution in [3.63, 3.8) is 0 Å². The van der Waals surface area contributed by atoms with Gasteiger partial charge < -0.3 is 10.6 Å². The normalized spacial score (nSPS) is 10.9. The van der Waals surface area contributed by atoms with Gasteiger partial charge in [-0.3, -0.25) is 9.59 Å². The largest absolute Gasteiger partial charge is 0.450 e. The summed E-state index contributed by atoms with van der Waals surface area (Å²) in [6.07, 6.45) is 0. The van der Waals surface area contributed by atoms with Gasteiger partial charge >= 0.3 is 5.91 Å². The molecule has 5 rings (SSSR count). The van der Waals surface area contributed by atoms with Gasteiger partial charge in [0.25, 0.3) is 11.8 Å². The molecule has 0 saturated heterocycles. The van der Waals surface area contributed by atoms with Crippen LogP contribution in [0.3, 0.4) is 0 Å². The number of carbonyl (C=O) groups is 3. The van der Waals surface area contributed by atoms with Crippen LogP contribution in [0, 0.1) is 0 Å². The number of anilines is 2. The highest BCUT2D eigenvalue weighted by atomic mass is 16.2. The lowest BCUT2D eigenvalue weighted by Crippen LogP contribution is -2.15. The van der Waals surface area contributed by atoms with E-state index < -0.39 is 0 Å². The van der Waals surface area contributed by atoms with Crippen LogP contribution in [0.2, 0.25) is 0 Å². The molecule has 7 heteroatoms. The molecule has 40 heavy (non-hydrogen) atoms. The molecule has 0 radical (unpaired) electrons. The minimum absolute atomic E-state index is 0.253. The average molecular weight is 526 g/mol. The number of benzene rings is 5. The molecule has 0 heterocycles. The molecule has 194 valence electrons. The zero-order valence-corrected chi connectivity index (χ0v) is 21.4. The van der Waals surface area contributed by atoms with Crippen LogP contribution in [0.5, 0.6) is 0 Å². The first-order valence-electron chi connectivity index (χ1n) is 12.6. The van der Waals surface area contributed by atoms with Crippen LogP contribution in [0.4, 0.5) is 22.7 Å². The van der Waals surface area contributed by atoms with Gasteiger partial charge in [-0.15, -0.1) is 0 Å². The van der Waals surface area contributed by atoms with E-state index in [4.69, 9.17) is 0 Å². The summed E-state index contributed by atoms with van der Waals surface area (Å²) in [5, 5.41) is 10.4. The zero-order valence-electron chi connectivity index (χ0n) is 21.4. The molecule has 0 bridgehead atoms. The second-order valence-electron chi connectivity index (χ2n) is 8.82. The van der Waals surface area contributed by atoms with E-state index in [-0.39, 0.29) is 17.7 Å². The molecule has 0 fully saturated rings. The summed E-state index contributed by atoms with van der Waals surface area (Å²) in [6, 6.07) is 40.4. The Balaban J connectivity index is 1.48. The van der Waals surface area contributed by atoms with E-state index in [1.807, 2.05) is 18.2 Å². The number of hydrogen-bond donors (Lipinski definition) is 2. The van der Waals surface area contributed by atoms with Crippen LogP contribution >= 0.6 is 0 Å². The molecule has 3 amide bonds. The predicted molar refractivity (Wildman–Crippen MR) is 154 cm³/mol. The summed E-state index contributed by atoms with van der Waals surface area (Å²) in [4.78, 5) is 39.0. The molecule has 5 aromatic rings. The standard InChI is InChI=1S/C33H24N4O3/c38-31(24-12-4-1-5-13-24)34-27-18-10-20-29(22-27)36-37(33(40)26-16-8-3-9-17-26)30-21-11-19-28(23-30)35-32(39)25-14-6-2-7-15-25/h1-23H,(H-,34,35,38,39)/p+1. The quantitative estimate of drug-likeness (QED) is 0.171. The summed E-state index contributed by atoms with van der Waals surface area (Å²) in [6.45, 7) is 0. The number of amides is 3. The molecule has 2 N–H and O–H groups in total. The van der Waals surface area contributed by atoms with Crippen LogP contribution in [-0.2, 0) is 0 Å². The lowest BCUT2D eigenvalue weighted by Gasteiger charge is -2.07. The fourth-order valence-electron chi connectivity index (χ4n) is 3.99. The molecule has 0 aliphatic rings. The van der Waals surface area contributed by atoms with Crippen molar-refractivity contribution in [1.29, 1.82) is 0 Å². The fraction of sp³-hybridized carbons (Fsp3) is 0. The van der Waals surface area contributed by atoms with E-state index in [1.54, 1.807) is 121 Å². The van der Waals surface area contributed by atoms with Crippen molar-refractivity contribution in [3.05, 3.63) is 156 Å². The van der Waals surface area contributed by atoms with Crippen LogP contribution in [0.1, 0.15) is 31.1 Å². The van der Waals surface area contributed by atoms with E-state index in [0.29, 0.717) is 39.4 Å². The lowest BCUT2D eigenvalue weighted by atomic mass is 10.2. The van der Waals surface area contributed by atoms with Gasteiger partial charge in [0.2, 0.25) is 5.69 Å². The lowest BCUT2D eigenvalue weighted by molar-refractivity contribution is -0.406. The topological polar surface area (TPSA) is 90.6 Å². The number of carbonyl (C=O) groups excluding carboxylic acids is 3. The van der Waals surface area contributed by atoms with Crippen LogP contribution in [-0.4, -0.2) is 22.4 Å². The second kappa shape index (κ2) is 12.2. The molecule has 7 nitrogen and oxygen atoms in total. The van der Waals surface area contributed by atoms with E-state index in [2.05, 4.69) is 15.7 Å². The Morgan fingerprint density at radius 2 is 0.975 bits per heavy atom. The number of nitrogens with zero attached hydrogens (tertiary/aromatic N) is 2. The Bertz CT molecular complexity index is 1690. The fourth-order valence-corrected chi connectivity index (χ4v) is 3.99. The highest BCUT2D eigenvalue weighted by molar-refractivity contribution is 6.05. The molecular formula is C33H25N4O3+. The number of rotatable bonds is 7. The number of nitrogens with one attached hydrogen (secondary N) is 2. The second-order valence-corrected chi connectivity index (χ2v) is 8.82. The maximum Gasteiger partial charge on any atom is 0.450 e. The van der Waals surface area contributed by atoms with E-state index in [9.17, 15) is 14.4 Å². The van der Waals surface area contributed by atoms with Gasteiger partial charge in [0, 0.05) is 39.7 Å². The van der Waals surface area contributed by atoms with E-state index >= 15 is 0 Å². The first-order chi connectivity index (χ1) is 19.6. The van der Waals surface area contributed by atoms with Gasteiger partial charge in [0.1, 0.15) is 5.69 Å². The SMILES string of the molecule is O=C(Nc1cccc(N=[N+](C(=O)c2ccccc2)c2cccc(NC(=O)c3ccccc3)c2)c1)c1ccccc1. The summed E-state index contributed by atoms with van der Waals surface area (Å²) >= 11 is 0. The molecule has 0 aliphatic carbocycles. The predicted octanol–water partition coefficient (Wildman–Crippen LogP) is 7.46. The molecule has 5 aromatic carbocycles. The van der Waals surface area contributed by atoms with Crippen LogP contribution in [0.15, 0.2) is 145 Å². The molecular weight excluding hydrogens is 500 g/mol. The third-order valence-electron chi connectivity index (χ3n) is 5.95. The average Bonchev–Trinajstić information content (AvgIpc) is 3.01. The minimum Gasteiger partial charge on any atom is -0.322 e. The third kappa shape index (κ3) is 6.41. The van der Waals surface area contributed by atoms with Crippen LogP contribution < -0.4 is 10.6 Å². The Kier molecular flexibility index (Phi) is 7.93. The van der Waals surface area contributed by atoms with Crippen molar-refractivity contribution >= 4 is 40.5 Å². The van der Waals surface area contributed by atoms with Gasteiger partial charge in [-0.05, 0) is 65.4 Å². The zero-order chi connectivity index (χ0) is 27.7. The minimum atomic E-state index is -0.356. The molecule has 0 aliphatic heterocycles. The molecule has 0 atom stereocenters. The summed E-state index contributed by atoms with van der Waals surface area (Å²) in [7, 11) is 0. The summed E-state index contributed by atoms with van der Waals surface area (Å²) in [5.74, 6) is -0.875. The van der Waals surface area contributed by atoms with E-state index in [0.717, 1.165) is 0 Å². The van der Waals surface area contributed by atoms with Gasteiger partial charge in [-0.25, -0.2) is 4.79 Å². The molecule has 0 aromatic heterocycles. The van der Waals surface area contributed by atoms with Gasteiger partial charge in [-0.2, -0.15) is 0 Å². The Hall–Kier alpha value is -5.69. The molecule has 0 saturated carbocycles.